The van der Waals surface area contributed by atoms with Gasteiger partial charge >= 0.3 is 11.9 Å². The van der Waals surface area contributed by atoms with E-state index in [0.717, 1.165) is 47.8 Å². The van der Waals surface area contributed by atoms with Gasteiger partial charge in [-0.2, -0.15) is 0 Å². The van der Waals surface area contributed by atoms with Crippen molar-refractivity contribution in [2.24, 2.45) is 17.6 Å². The minimum Gasteiger partial charge on any atom is -0.480 e. The molecule has 2 aromatic rings. The molecule has 1 heterocycles. The Morgan fingerprint density at radius 2 is 1.63 bits per heavy atom. The monoisotopic (exact) mass is 617 g/mol. The minimum atomic E-state index is -1.17. The summed E-state index contributed by atoms with van der Waals surface area (Å²) in [6, 6.07) is 4.85. The van der Waals surface area contributed by atoms with Crippen LogP contribution in [0.1, 0.15) is 98.0 Å². The van der Waals surface area contributed by atoms with Crippen molar-refractivity contribution in [1.82, 2.24) is 10.6 Å². The number of rotatable bonds is 20. The van der Waals surface area contributed by atoms with Crippen LogP contribution in [0.3, 0.4) is 0 Å². The molecule has 10 heteroatoms. The predicted molar refractivity (Wildman–Crippen MR) is 172 cm³/mol. The molecule has 0 saturated carbocycles. The van der Waals surface area contributed by atoms with Gasteiger partial charge in [0.1, 0.15) is 24.2 Å². The number of thiophene rings is 1. The van der Waals surface area contributed by atoms with Crippen LogP contribution in [0.4, 0.5) is 0 Å². The van der Waals surface area contributed by atoms with Crippen molar-refractivity contribution in [1.29, 1.82) is 0 Å². The molecule has 240 valence electrons. The second kappa shape index (κ2) is 18.6. The first-order valence-corrected chi connectivity index (χ1v) is 16.6. The zero-order valence-electron chi connectivity index (χ0n) is 26.4. The minimum absolute atomic E-state index is 0.0689. The molecule has 1 aromatic heterocycles. The third kappa shape index (κ3) is 11.9. The highest BCUT2D eigenvalue weighted by Crippen LogP contribution is 2.27. The Morgan fingerprint density at radius 1 is 0.953 bits per heavy atom. The number of hydrogen-bond donors (Lipinski definition) is 4. The maximum absolute atomic E-state index is 13.4. The lowest BCUT2D eigenvalue weighted by molar-refractivity contribution is -0.156. The number of benzene rings is 1. The van der Waals surface area contributed by atoms with Gasteiger partial charge in [-0.1, -0.05) is 90.8 Å². The number of carboxylic acid groups (broad SMARTS) is 1. The number of amides is 2. The number of carbonyl (C=O) groups excluding carboxylic acids is 3. The number of unbranched alkanes of at least 4 members (excludes halogenated alkanes) is 5. The number of aliphatic carboxylic acids is 1. The van der Waals surface area contributed by atoms with Crippen molar-refractivity contribution in [3.05, 3.63) is 35.2 Å². The molecule has 0 aliphatic rings. The quantitative estimate of drug-likeness (QED) is 0.112. The Kier molecular flexibility index (Phi) is 15.7. The highest BCUT2D eigenvalue weighted by molar-refractivity contribution is 7.17. The molecular formula is C33H51N3O6S. The van der Waals surface area contributed by atoms with Gasteiger partial charge in [-0.3, -0.25) is 19.2 Å². The highest BCUT2D eigenvalue weighted by atomic mass is 32.1. The van der Waals surface area contributed by atoms with E-state index in [9.17, 15) is 24.3 Å². The van der Waals surface area contributed by atoms with Crippen LogP contribution in [0.25, 0.3) is 10.1 Å². The summed E-state index contributed by atoms with van der Waals surface area (Å²) in [6.07, 6.45) is 7.62. The average Bonchev–Trinajstić information content (AvgIpc) is 3.39. The fourth-order valence-electron chi connectivity index (χ4n) is 4.94. The average molecular weight is 618 g/mol. The number of esters is 1. The summed E-state index contributed by atoms with van der Waals surface area (Å²) in [5.74, 6) is -2.91. The van der Waals surface area contributed by atoms with E-state index in [1.54, 1.807) is 0 Å². The van der Waals surface area contributed by atoms with E-state index in [1.807, 2.05) is 50.4 Å². The van der Waals surface area contributed by atoms with E-state index < -0.39 is 48.0 Å². The fourth-order valence-corrected chi connectivity index (χ4v) is 5.91. The van der Waals surface area contributed by atoms with E-state index in [1.165, 1.54) is 37.5 Å². The molecule has 0 radical (unpaired) electrons. The van der Waals surface area contributed by atoms with Crippen LogP contribution >= 0.6 is 11.3 Å². The van der Waals surface area contributed by atoms with Gasteiger partial charge in [0.25, 0.3) is 0 Å². The standard InChI is InChI=1S/C33H51N3O6S/c1-6-8-9-10-11-12-15-22(4)27(42-33(41)30(34)21(3)7-2)19-29(37)36-26(31(38)35-23(5)32(39)40)18-24-20-43-28-17-14-13-16-25(24)28/h13-14,16-17,20-23,26-27,30H,6-12,15,18-19,34H2,1-5H3,(H,35,38)(H,36,37)(H,39,40)/t21-,22-,23-,26-,27-,30+/m0/s1. The molecule has 2 amide bonds. The first kappa shape index (κ1) is 36.2. The van der Waals surface area contributed by atoms with Gasteiger partial charge in [-0.05, 0) is 47.6 Å². The Balaban J connectivity index is 2.20. The van der Waals surface area contributed by atoms with E-state index in [2.05, 4.69) is 17.6 Å². The lowest BCUT2D eigenvalue weighted by Gasteiger charge is -2.27. The highest BCUT2D eigenvalue weighted by Gasteiger charge is 2.31. The topological polar surface area (TPSA) is 148 Å². The Hall–Kier alpha value is -2.98. The van der Waals surface area contributed by atoms with Gasteiger partial charge in [0.05, 0.1) is 6.42 Å². The number of ether oxygens (including phenoxy) is 1. The maximum Gasteiger partial charge on any atom is 0.325 e. The molecule has 0 aliphatic carbocycles. The number of carboxylic acids is 1. The summed E-state index contributed by atoms with van der Waals surface area (Å²) in [5, 5.41) is 17.6. The van der Waals surface area contributed by atoms with Gasteiger partial charge in [0.15, 0.2) is 0 Å². The van der Waals surface area contributed by atoms with E-state index in [0.29, 0.717) is 0 Å². The molecule has 0 unspecified atom stereocenters. The molecule has 0 saturated heterocycles. The second-order valence-corrected chi connectivity index (χ2v) is 12.7. The number of fused-ring (bicyclic) bond motifs is 1. The predicted octanol–water partition coefficient (Wildman–Crippen LogP) is 5.58. The van der Waals surface area contributed by atoms with E-state index in [-0.39, 0.29) is 24.7 Å². The molecular weight excluding hydrogens is 566 g/mol. The zero-order valence-corrected chi connectivity index (χ0v) is 27.2. The maximum atomic E-state index is 13.4. The summed E-state index contributed by atoms with van der Waals surface area (Å²) in [6.45, 7) is 9.38. The van der Waals surface area contributed by atoms with Crippen molar-refractivity contribution in [3.63, 3.8) is 0 Å². The lowest BCUT2D eigenvalue weighted by atomic mass is 9.93. The largest absolute Gasteiger partial charge is 0.480 e. The molecule has 0 fully saturated rings. The Morgan fingerprint density at radius 3 is 2.30 bits per heavy atom. The number of nitrogens with one attached hydrogen (secondary N) is 2. The molecule has 0 aliphatic heterocycles. The molecule has 43 heavy (non-hydrogen) atoms. The molecule has 0 spiro atoms. The lowest BCUT2D eigenvalue weighted by Crippen LogP contribution is -2.52. The molecule has 5 N–H and O–H groups in total. The van der Waals surface area contributed by atoms with Crippen LogP contribution < -0.4 is 16.4 Å². The van der Waals surface area contributed by atoms with Crippen molar-refractivity contribution < 1.29 is 29.0 Å². The smallest absolute Gasteiger partial charge is 0.325 e. The summed E-state index contributed by atoms with van der Waals surface area (Å²) in [5.41, 5.74) is 7.03. The van der Waals surface area contributed by atoms with Gasteiger partial charge in [-0.25, -0.2) is 0 Å². The summed E-state index contributed by atoms with van der Waals surface area (Å²) in [4.78, 5) is 51.0. The van der Waals surface area contributed by atoms with Crippen molar-refractivity contribution in [3.8, 4) is 0 Å². The van der Waals surface area contributed by atoms with Gasteiger partial charge in [-0.15, -0.1) is 11.3 Å². The SMILES string of the molecule is CCCCCCCC[C@H](C)[C@H](CC(=O)N[C@@H](Cc1csc2ccccc12)C(=O)N[C@@H](C)C(=O)O)OC(=O)[C@H](N)[C@@H](C)CC. The van der Waals surface area contributed by atoms with Crippen LogP contribution in [-0.4, -0.2) is 53.1 Å². The van der Waals surface area contributed by atoms with E-state index >= 15 is 0 Å². The molecule has 2 rings (SSSR count). The van der Waals surface area contributed by atoms with Crippen LogP contribution in [0, 0.1) is 11.8 Å². The van der Waals surface area contributed by atoms with Crippen molar-refractivity contribution >= 4 is 45.2 Å². The normalized spacial score (nSPS) is 15.6. The zero-order chi connectivity index (χ0) is 31.9. The molecule has 1 aromatic carbocycles. The second-order valence-electron chi connectivity index (χ2n) is 11.8. The van der Waals surface area contributed by atoms with Crippen LogP contribution in [-0.2, 0) is 30.3 Å². The molecule has 6 atom stereocenters. The Bertz CT molecular complexity index is 1180. The van der Waals surface area contributed by atoms with Gasteiger partial charge in [0, 0.05) is 11.1 Å². The third-order valence-electron chi connectivity index (χ3n) is 8.20. The van der Waals surface area contributed by atoms with Crippen molar-refractivity contribution in [2.45, 2.75) is 123 Å². The molecule has 9 nitrogen and oxygen atoms in total. The Labute approximate surface area is 260 Å². The van der Waals surface area contributed by atoms with Gasteiger partial charge in [0.2, 0.25) is 11.8 Å². The summed E-state index contributed by atoms with van der Waals surface area (Å²) >= 11 is 1.54. The number of nitrogens with two attached hydrogens (primary N) is 1. The number of hydrogen-bond acceptors (Lipinski definition) is 7. The van der Waals surface area contributed by atoms with Crippen molar-refractivity contribution in [2.75, 3.05) is 0 Å². The van der Waals surface area contributed by atoms with Crippen LogP contribution in [0.15, 0.2) is 29.6 Å². The summed E-state index contributed by atoms with van der Waals surface area (Å²) < 4.78 is 6.91. The number of carbonyl (C=O) groups is 4. The summed E-state index contributed by atoms with van der Waals surface area (Å²) in [7, 11) is 0. The first-order chi connectivity index (χ1) is 20.5. The third-order valence-corrected chi connectivity index (χ3v) is 9.21. The fraction of sp³-hybridized carbons (Fsp3) is 0.636. The first-order valence-electron chi connectivity index (χ1n) is 15.7. The van der Waals surface area contributed by atoms with Crippen LogP contribution in [0.2, 0.25) is 0 Å². The van der Waals surface area contributed by atoms with E-state index in [4.69, 9.17) is 10.5 Å². The van der Waals surface area contributed by atoms with Gasteiger partial charge < -0.3 is 26.2 Å². The molecule has 0 bridgehead atoms. The van der Waals surface area contributed by atoms with Crippen LogP contribution in [0.5, 0.6) is 0 Å².